The molecule has 1 aliphatic rings. The molecule has 4 rings (SSSR count). The van der Waals surface area contributed by atoms with E-state index < -0.39 is 0 Å². The molecule has 9 nitrogen and oxygen atoms in total. The second-order valence-corrected chi connectivity index (χ2v) is 6.84. The second-order valence-electron chi connectivity index (χ2n) is 6.84. The highest BCUT2D eigenvalue weighted by molar-refractivity contribution is 5.92. The van der Waals surface area contributed by atoms with Crippen LogP contribution in [-0.4, -0.2) is 58.4 Å². The molecule has 9 heteroatoms. The van der Waals surface area contributed by atoms with Crippen LogP contribution in [0.1, 0.15) is 46.7 Å². The maximum absolute atomic E-state index is 12.7. The van der Waals surface area contributed by atoms with Crippen LogP contribution in [0.3, 0.4) is 0 Å². The Morgan fingerprint density at radius 3 is 2.89 bits per heavy atom. The molecular formula is C18H22N8O. The summed E-state index contributed by atoms with van der Waals surface area (Å²) >= 11 is 0. The van der Waals surface area contributed by atoms with Crippen molar-refractivity contribution in [3.8, 4) is 0 Å². The van der Waals surface area contributed by atoms with E-state index in [1.807, 2.05) is 34.2 Å². The van der Waals surface area contributed by atoms with Crippen LogP contribution in [0.25, 0.3) is 0 Å². The molecule has 1 saturated heterocycles. The van der Waals surface area contributed by atoms with Crippen LogP contribution in [0.5, 0.6) is 0 Å². The first-order chi connectivity index (χ1) is 13.1. The van der Waals surface area contributed by atoms with Crippen molar-refractivity contribution in [3.05, 3.63) is 53.9 Å². The standard InChI is InChI=1S/C18H22N8O/c1-13-19-8-10-25(13)12-16-22-23-17(24(16)2)14-5-4-9-26(11-14)18(27)15-6-3-7-20-21-15/h3,6-8,10,14H,4-5,9,11-12H2,1-2H3. The molecule has 0 N–H and O–H groups in total. The average Bonchev–Trinajstić information content (AvgIpc) is 3.28. The normalized spacial score (nSPS) is 17.3. The maximum Gasteiger partial charge on any atom is 0.274 e. The average molecular weight is 366 g/mol. The van der Waals surface area contributed by atoms with Crippen molar-refractivity contribution in [1.29, 1.82) is 0 Å². The predicted octanol–water partition coefficient (Wildman–Crippen LogP) is 1.18. The number of aromatic nitrogens is 7. The Kier molecular flexibility index (Phi) is 4.66. The minimum absolute atomic E-state index is 0.0794. The van der Waals surface area contributed by atoms with E-state index in [1.165, 1.54) is 0 Å². The van der Waals surface area contributed by atoms with Crippen molar-refractivity contribution >= 4 is 5.91 Å². The summed E-state index contributed by atoms with van der Waals surface area (Å²) in [5.41, 5.74) is 0.382. The minimum Gasteiger partial charge on any atom is -0.337 e. The zero-order chi connectivity index (χ0) is 18.8. The zero-order valence-electron chi connectivity index (χ0n) is 15.5. The predicted molar refractivity (Wildman–Crippen MR) is 97.0 cm³/mol. The van der Waals surface area contributed by atoms with Gasteiger partial charge in [0, 0.05) is 44.6 Å². The first-order valence-electron chi connectivity index (χ1n) is 9.06. The molecular weight excluding hydrogens is 344 g/mol. The van der Waals surface area contributed by atoms with Gasteiger partial charge in [-0.1, -0.05) is 0 Å². The van der Waals surface area contributed by atoms with Crippen LogP contribution in [0.15, 0.2) is 30.7 Å². The van der Waals surface area contributed by atoms with Crippen molar-refractivity contribution in [2.75, 3.05) is 13.1 Å². The van der Waals surface area contributed by atoms with E-state index in [4.69, 9.17) is 0 Å². The van der Waals surface area contributed by atoms with Crippen LogP contribution >= 0.6 is 0 Å². The number of aryl methyl sites for hydroxylation is 1. The van der Waals surface area contributed by atoms with Gasteiger partial charge in [-0.15, -0.1) is 15.3 Å². The van der Waals surface area contributed by atoms with Crippen molar-refractivity contribution in [3.63, 3.8) is 0 Å². The molecule has 3 aromatic rings. The van der Waals surface area contributed by atoms with E-state index in [1.54, 1.807) is 24.5 Å². The van der Waals surface area contributed by atoms with Gasteiger partial charge in [0.2, 0.25) is 0 Å². The van der Waals surface area contributed by atoms with Gasteiger partial charge in [-0.25, -0.2) is 4.98 Å². The summed E-state index contributed by atoms with van der Waals surface area (Å²) in [6.07, 6.45) is 7.20. The van der Waals surface area contributed by atoms with Crippen LogP contribution in [-0.2, 0) is 13.6 Å². The van der Waals surface area contributed by atoms with Crippen LogP contribution in [0, 0.1) is 6.92 Å². The fraction of sp³-hybridized carbons (Fsp3) is 0.444. The third-order valence-electron chi connectivity index (χ3n) is 5.10. The number of hydrogen-bond donors (Lipinski definition) is 0. The van der Waals surface area contributed by atoms with Crippen molar-refractivity contribution < 1.29 is 4.79 Å². The highest BCUT2D eigenvalue weighted by atomic mass is 16.2. The Morgan fingerprint density at radius 1 is 1.26 bits per heavy atom. The Morgan fingerprint density at radius 2 is 2.15 bits per heavy atom. The van der Waals surface area contributed by atoms with E-state index in [0.29, 0.717) is 18.8 Å². The molecule has 1 fully saturated rings. The Labute approximate surface area is 157 Å². The highest BCUT2D eigenvalue weighted by Crippen LogP contribution is 2.26. The monoisotopic (exact) mass is 366 g/mol. The molecule has 1 unspecified atom stereocenters. The Hall–Kier alpha value is -3.10. The van der Waals surface area contributed by atoms with Crippen LogP contribution < -0.4 is 0 Å². The second kappa shape index (κ2) is 7.26. The number of carbonyl (C=O) groups is 1. The summed E-state index contributed by atoms with van der Waals surface area (Å²) in [6, 6.07) is 3.43. The summed E-state index contributed by atoms with van der Waals surface area (Å²) in [6.45, 7) is 3.94. The maximum atomic E-state index is 12.7. The van der Waals surface area contributed by atoms with E-state index in [9.17, 15) is 4.79 Å². The van der Waals surface area contributed by atoms with Crippen LogP contribution in [0.4, 0.5) is 0 Å². The molecule has 0 spiro atoms. The summed E-state index contributed by atoms with van der Waals surface area (Å²) in [7, 11) is 1.99. The fourth-order valence-electron chi connectivity index (χ4n) is 3.54. The molecule has 0 saturated carbocycles. The van der Waals surface area contributed by atoms with Gasteiger partial charge in [0.1, 0.15) is 11.6 Å². The number of piperidine rings is 1. The molecule has 1 aliphatic heterocycles. The van der Waals surface area contributed by atoms with Gasteiger partial charge in [0.25, 0.3) is 5.91 Å². The molecule has 140 valence electrons. The highest BCUT2D eigenvalue weighted by Gasteiger charge is 2.29. The summed E-state index contributed by atoms with van der Waals surface area (Å²) in [5.74, 6) is 2.82. The zero-order valence-corrected chi connectivity index (χ0v) is 15.5. The van der Waals surface area contributed by atoms with Gasteiger partial charge in [-0.3, -0.25) is 4.79 Å². The summed E-state index contributed by atoms with van der Waals surface area (Å²) < 4.78 is 4.08. The summed E-state index contributed by atoms with van der Waals surface area (Å²) in [5, 5.41) is 16.5. The number of rotatable bonds is 4. The molecule has 0 radical (unpaired) electrons. The lowest BCUT2D eigenvalue weighted by Crippen LogP contribution is -2.40. The molecule has 4 heterocycles. The number of likely N-dealkylation sites (tertiary alicyclic amines) is 1. The number of hydrogen-bond acceptors (Lipinski definition) is 6. The smallest absolute Gasteiger partial charge is 0.274 e. The lowest BCUT2D eigenvalue weighted by atomic mass is 9.97. The van der Waals surface area contributed by atoms with Gasteiger partial charge in [0.15, 0.2) is 11.5 Å². The number of imidazole rings is 1. The largest absolute Gasteiger partial charge is 0.337 e. The number of carbonyl (C=O) groups excluding carboxylic acids is 1. The van der Waals surface area contributed by atoms with Crippen LogP contribution in [0.2, 0.25) is 0 Å². The molecule has 3 aromatic heterocycles. The first kappa shape index (κ1) is 17.3. The van der Waals surface area contributed by atoms with Gasteiger partial charge in [-0.2, -0.15) is 5.10 Å². The topological polar surface area (TPSA) is 94.6 Å². The number of nitrogens with zero attached hydrogens (tertiary/aromatic N) is 8. The first-order valence-corrected chi connectivity index (χ1v) is 9.06. The van der Waals surface area contributed by atoms with Crippen molar-refractivity contribution in [1.82, 2.24) is 39.4 Å². The quantitative estimate of drug-likeness (QED) is 0.688. The van der Waals surface area contributed by atoms with Crippen molar-refractivity contribution in [2.24, 2.45) is 7.05 Å². The van der Waals surface area contributed by atoms with Gasteiger partial charge in [0.05, 0.1) is 6.54 Å². The lowest BCUT2D eigenvalue weighted by molar-refractivity contribution is 0.0696. The Bertz CT molecular complexity index is 932. The third kappa shape index (κ3) is 3.44. The van der Waals surface area contributed by atoms with E-state index >= 15 is 0 Å². The Balaban J connectivity index is 1.50. The SMILES string of the molecule is Cc1nccn1Cc1nnc(C2CCCN(C(=O)c3cccnn3)C2)n1C. The molecule has 1 atom stereocenters. The third-order valence-corrected chi connectivity index (χ3v) is 5.10. The summed E-state index contributed by atoms with van der Waals surface area (Å²) in [4.78, 5) is 18.8. The molecule has 0 aromatic carbocycles. The van der Waals surface area contributed by atoms with Gasteiger partial charge < -0.3 is 14.0 Å². The van der Waals surface area contributed by atoms with E-state index in [-0.39, 0.29) is 11.8 Å². The molecule has 27 heavy (non-hydrogen) atoms. The minimum atomic E-state index is -0.0794. The number of amides is 1. The lowest BCUT2D eigenvalue weighted by Gasteiger charge is -2.31. The van der Waals surface area contributed by atoms with Gasteiger partial charge >= 0.3 is 0 Å². The van der Waals surface area contributed by atoms with E-state index in [2.05, 4.69) is 25.4 Å². The fourth-order valence-corrected chi connectivity index (χ4v) is 3.54. The molecule has 1 amide bonds. The molecule has 0 bridgehead atoms. The van der Waals surface area contributed by atoms with Gasteiger partial charge in [-0.05, 0) is 31.9 Å². The van der Waals surface area contributed by atoms with Crippen molar-refractivity contribution in [2.45, 2.75) is 32.2 Å². The molecule has 0 aliphatic carbocycles. The van der Waals surface area contributed by atoms with E-state index in [0.717, 1.165) is 36.9 Å².